The highest BCUT2D eigenvalue weighted by molar-refractivity contribution is 7.84. The van der Waals surface area contributed by atoms with E-state index >= 15 is 0 Å². The number of thiazole rings is 1. The molecule has 21 heteroatoms. The number of aliphatic carboxylic acids is 1. The van der Waals surface area contributed by atoms with Gasteiger partial charge in [-0.3, -0.25) is 18.9 Å². The van der Waals surface area contributed by atoms with Crippen molar-refractivity contribution < 1.29 is 42.1 Å². The molecule has 210 valence electrons. The number of anilines is 1. The summed E-state index contributed by atoms with van der Waals surface area (Å²) >= 11 is 0.953. The summed E-state index contributed by atoms with van der Waals surface area (Å²) in [4.78, 5) is 58.5. The van der Waals surface area contributed by atoms with Crippen LogP contribution in [0.4, 0.5) is 5.13 Å². The maximum Gasteiger partial charge on any atom is 0.362 e. The van der Waals surface area contributed by atoms with E-state index in [1.54, 1.807) is 0 Å². The van der Waals surface area contributed by atoms with Crippen LogP contribution in [0.5, 0.6) is 0 Å². The summed E-state index contributed by atoms with van der Waals surface area (Å²) in [6, 6.07) is -2.87. The molecular formula is C18H22N10O9S2. The van der Waals surface area contributed by atoms with Crippen molar-refractivity contribution in [2.24, 2.45) is 10.9 Å². The number of carboxylic acids is 1. The van der Waals surface area contributed by atoms with E-state index in [1.807, 2.05) is 0 Å². The quantitative estimate of drug-likeness (QED) is 0.0607. The lowest BCUT2D eigenvalue weighted by molar-refractivity contribution is -0.153. The molecule has 39 heavy (non-hydrogen) atoms. The number of hydrogen-bond donors (Lipinski definition) is 6. The number of nitrogens with two attached hydrogens (primary N) is 2. The van der Waals surface area contributed by atoms with Crippen molar-refractivity contribution in [2.75, 3.05) is 12.3 Å². The van der Waals surface area contributed by atoms with Gasteiger partial charge in [-0.15, -0.1) is 11.3 Å². The molecule has 2 atom stereocenters. The minimum absolute atomic E-state index is 0.0315. The summed E-state index contributed by atoms with van der Waals surface area (Å²) in [5.74, 6) is -3.96. The Hall–Kier alpha value is -4.21. The third-order valence-electron chi connectivity index (χ3n) is 5.68. The number of nitrogens with zero attached hydrogens (tertiary/aromatic N) is 6. The Bertz CT molecular complexity index is 1450. The molecule has 0 unspecified atom stereocenters. The molecule has 0 aromatic carbocycles. The van der Waals surface area contributed by atoms with Crippen molar-refractivity contribution in [3.63, 3.8) is 0 Å². The van der Waals surface area contributed by atoms with Gasteiger partial charge in [0.25, 0.3) is 11.8 Å². The normalized spacial score (nSPS) is 20.2. The molecule has 3 heterocycles. The largest absolute Gasteiger partial charge is 0.478 e. The lowest BCUT2D eigenvalue weighted by Gasteiger charge is -2.43. The SMILES string of the molecule is NCC(=O)NCc1cnn(C[C@@H]2[C@H](NC(=O)C(=NOC3(C(=O)O)CC3)c3csc(N)n3)C(=O)N2S(=O)(=O)O)n1. The van der Waals surface area contributed by atoms with E-state index < -0.39 is 63.9 Å². The van der Waals surface area contributed by atoms with E-state index in [-0.39, 0.29) is 46.8 Å². The average Bonchev–Trinajstić information content (AvgIpc) is 3.33. The molecule has 2 aliphatic rings. The Morgan fingerprint density at radius 3 is 2.62 bits per heavy atom. The van der Waals surface area contributed by atoms with Gasteiger partial charge in [0.15, 0.2) is 10.8 Å². The summed E-state index contributed by atoms with van der Waals surface area (Å²) in [7, 11) is -5.03. The number of rotatable bonds is 12. The lowest BCUT2D eigenvalue weighted by atomic mass is 9.98. The second-order valence-corrected chi connectivity index (χ2v) is 10.6. The highest BCUT2D eigenvalue weighted by atomic mass is 32.2. The van der Waals surface area contributed by atoms with E-state index in [0.717, 1.165) is 16.1 Å². The fourth-order valence-corrected chi connectivity index (χ4v) is 4.89. The molecule has 1 saturated carbocycles. The van der Waals surface area contributed by atoms with Crippen molar-refractivity contribution in [1.29, 1.82) is 0 Å². The zero-order valence-electron chi connectivity index (χ0n) is 19.8. The van der Waals surface area contributed by atoms with Gasteiger partial charge in [0, 0.05) is 18.2 Å². The maximum absolute atomic E-state index is 13.1. The van der Waals surface area contributed by atoms with Crippen LogP contribution in [0.15, 0.2) is 16.7 Å². The van der Waals surface area contributed by atoms with Gasteiger partial charge >= 0.3 is 16.3 Å². The molecule has 2 aromatic rings. The van der Waals surface area contributed by atoms with Crippen LogP contribution in [0.1, 0.15) is 24.2 Å². The molecule has 1 saturated heterocycles. The maximum atomic E-state index is 13.1. The number of oxime groups is 1. The number of amides is 3. The summed E-state index contributed by atoms with van der Waals surface area (Å²) in [6.07, 6.45) is 1.58. The van der Waals surface area contributed by atoms with Crippen LogP contribution < -0.4 is 22.1 Å². The number of hydrogen-bond acceptors (Lipinski definition) is 14. The summed E-state index contributed by atoms with van der Waals surface area (Å²) < 4.78 is 33.3. The Morgan fingerprint density at radius 2 is 2.05 bits per heavy atom. The molecule has 8 N–H and O–H groups in total. The average molecular weight is 587 g/mol. The summed E-state index contributed by atoms with van der Waals surface area (Å²) in [5.41, 5.74) is 8.93. The topological polar surface area (TPSA) is 287 Å². The monoisotopic (exact) mass is 586 g/mol. The van der Waals surface area contributed by atoms with E-state index in [2.05, 4.69) is 31.0 Å². The van der Waals surface area contributed by atoms with E-state index in [0.29, 0.717) is 0 Å². The standard InChI is InChI=1S/C18H22N10O9S2/c19-3-11(29)21-4-8-5-22-27(25-8)6-10-13(15(31)28(10)39(34,35)36)24-14(30)12(9-7-38-17(20)23-9)26-37-18(1-2-18)16(32)33/h5,7,10,13H,1-4,6,19H2,(H2,20,23)(H,21,29)(H,24,30)(H,32,33)(H,34,35,36)/t10-,13+/m1/s1. The molecule has 1 aliphatic heterocycles. The summed E-state index contributed by atoms with van der Waals surface area (Å²) in [5, 5.41) is 27.2. The van der Waals surface area contributed by atoms with Crippen LogP contribution in [-0.2, 0) is 47.4 Å². The molecule has 2 aromatic heterocycles. The van der Waals surface area contributed by atoms with Gasteiger partial charge in [0.1, 0.15) is 23.5 Å². The van der Waals surface area contributed by atoms with Crippen molar-refractivity contribution in [2.45, 2.75) is 43.6 Å². The molecule has 0 radical (unpaired) electrons. The molecule has 0 bridgehead atoms. The Morgan fingerprint density at radius 1 is 1.33 bits per heavy atom. The smallest absolute Gasteiger partial charge is 0.362 e. The zero-order valence-corrected chi connectivity index (χ0v) is 21.4. The minimum Gasteiger partial charge on any atom is -0.478 e. The number of carboxylic acid groups (broad SMARTS) is 1. The van der Waals surface area contributed by atoms with Gasteiger partial charge < -0.3 is 32.0 Å². The first kappa shape index (κ1) is 27.8. The van der Waals surface area contributed by atoms with Crippen LogP contribution in [0, 0.1) is 0 Å². The van der Waals surface area contributed by atoms with Crippen LogP contribution in [0.25, 0.3) is 0 Å². The predicted molar refractivity (Wildman–Crippen MR) is 129 cm³/mol. The number of β-lactam (4-membered cyclic amide) rings is 1. The van der Waals surface area contributed by atoms with Crippen molar-refractivity contribution >= 4 is 56.2 Å². The minimum atomic E-state index is -5.03. The Labute approximate surface area is 223 Å². The Kier molecular flexibility index (Phi) is 7.50. The molecule has 3 amide bonds. The van der Waals surface area contributed by atoms with Gasteiger partial charge in [0.05, 0.1) is 25.8 Å². The highest BCUT2D eigenvalue weighted by Crippen LogP contribution is 2.40. The van der Waals surface area contributed by atoms with Crippen LogP contribution >= 0.6 is 11.3 Å². The second-order valence-electron chi connectivity index (χ2n) is 8.40. The fourth-order valence-electron chi connectivity index (χ4n) is 3.47. The molecule has 4 rings (SSSR count). The van der Waals surface area contributed by atoms with Crippen LogP contribution in [0.2, 0.25) is 0 Å². The van der Waals surface area contributed by atoms with E-state index in [1.165, 1.54) is 11.6 Å². The van der Waals surface area contributed by atoms with Crippen LogP contribution in [0.3, 0.4) is 0 Å². The lowest BCUT2D eigenvalue weighted by Crippen LogP contribution is -2.73. The zero-order chi connectivity index (χ0) is 28.5. The van der Waals surface area contributed by atoms with E-state index in [4.69, 9.17) is 16.3 Å². The molecule has 19 nitrogen and oxygen atoms in total. The van der Waals surface area contributed by atoms with Crippen LogP contribution in [-0.4, -0.2) is 96.0 Å². The van der Waals surface area contributed by atoms with Gasteiger partial charge in [-0.1, -0.05) is 5.16 Å². The molecule has 1 aliphatic carbocycles. The van der Waals surface area contributed by atoms with Crippen molar-refractivity contribution in [1.82, 2.24) is 34.9 Å². The predicted octanol–water partition coefficient (Wildman–Crippen LogP) is -3.57. The number of nitrogens with one attached hydrogen (secondary N) is 2. The first-order valence-corrected chi connectivity index (χ1v) is 13.3. The number of carbonyl (C=O) groups is 4. The number of aromatic nitrogens is 4. The first-order chi connectivity index (χ1) is 18.3. The number of carbonyl (C=O) groups excluding carboxylic acids is 3. The Balaban J connectivity index is 1.54. The van der Waals surface area contributed by atoms with Gasteiger partial charge in [-0.25, -0.2) is 14.1 Å². The third kappa shape index (κ3) is 5.94. The van der Waals surface area contributed by atoms with E-state index in [9.17, 15) is 37.3 Å². The molecule has 2 fully saturated rings. The van der Waals surface area contributed by atoms with Gasteiger partial charge in [0.2, 0.25) is 11.5 Å². The number of nitrogen functional groups attached to an aromatic ring is 1. The summed E-state index contributed by atoms with van der Waals surface area (Å²) in [6.45, 7) is -0.670. The third-order valence-corrected chi connectivity index (χ3v) is 7.30. The molecule has 0 spiro atoms. The highest BCUT2D eigenvalue weighted by Gasteiger charge is 2.56. The van der Waals surface area contributed by atoms with Crippen molar-refractivity contribution in [3.05, 3.63) is 23.0 Å². The first-order valence-electron chi connectivity index (χ1n) is 11.0. The van der Waals surface area contributed by atoms with Gasteiger partial charge in [-0.2, -0.15) is 23.4 Å². The van der Waals surface area contributed by atoms with Crippen molar-refractivity contribution in [3.8, 4) is 0 Å². The molecular weight excluding hydrogens is 564 g/mol. The fraction of sp³-hybridized carbons (Fsp3) is 0.444. The second kappa shape index (κ2) is 10.5. The van der Waals surface area contributed by atoms with Gasteiger partial charge in [-0.05, 0) is 0 Å².